The van der Waals surface area contributed by atoms with Crippen molar-refractivity contribution >= 4 is 0 Å². The minimum atomic E-state index is -4.48. The zero-order chi connectivity index (χ0) is 22.9. The SMILES string of the molecule is C=CCCC1CCC2CC(c3cc(F)c(-c4ccc(C(F)(F)F)cc4)c(F)c3)CCC2C1. The van der Waals surface area contributed by atoms with Crippen LogP contribution in [-0.2, 0) is 6.18 Å². The zero-order valence-electron chi connectivity index (χ0n) is 18.1. The van der Waals surface area contributed by atoms with E-state index in [2.05, 4.69) is 6.58 Å². The Labute approximate surface area is 186 Å². The number of hydrogen-bond donors (Lipinski definition) is 0. The summed E-state index contributed by atoms with van der Waals surface area (Å²) in [5.41, 5.74) is -0.322. The van der Waals surface area contributed by atoms with Crippen molar-refractivity contribution in [2.45, 2.75) is 63.5 Å². The van der Waals surface area contributed by atoms with Crippen LogP contribution >= 0.6 is 0 Å². The van der Waals surface area contributed by atoms with Gasteiger partial charge in [0.15, 0.2) is 0 Å². The lowest BCUT2D eigenvalue weighted by molar-refractivity contribution is -0.137. The van der Waals surface area contributed by atoms with Crippen molar-refractivity contribution < 1.29 is 22.0 Å². The van der Waals surface area contributed by atoms with Gasteiger partial charge >= 0.3 is 6.18 Å². The van der Waals surface area contributed by atoms with Crippen LogP contribution in [0.5, 0.6) is 0 Å². The van der Waals surface area contributed by atoms with Crippen molar-refractivity contribution in [1.29, 1.82) is 0 Å². The highest BCUT2D eigenvalue weighted by Gasteiger charge is 2.36. The van der Waals surface area contributed by atoms with Crippen molar-refractivity contribution in [2.24, 2.45) is 17.8 Å². The van der Waals surface area contributed by atoms with Crippen LogP contribution in [0, 0.1) is 29.4 Å². The maximum atomic E-state index is 14.9. The van der Waals surface area contributed by atoms with Gasteiger partial charge in [-0.1, -0.05) is 24.6 Å². The largest absolute Gasteiger partial charge is 0.416 e. The quantitative estimate of drug-likeness (QED) is 0.316. The molecule has 0 N–H and O–H groups in total. The van der Waals surface area contributed by atoms with Crippen LogP contribution in [0.1, 0.15) is 68.4 Å². The minimum absolute atomic E-state index is 0.112. The number of rotatable bonds is 5. The van der Waals surface area contributed by atoms with Gasteiger partial charge in [0.1, 0.15) is 11.6 Å². The van der Waals surface area contributed by atoms with Crippen LogP contribution in [0.15, 0.2) is 49.1 Å². The molecule has 2 aromatic carbocycles. The number of allylic oxidation sites excluding steroid dienone is 1. The third-order valence-electron chi connectivity index (χ3n) is 7.54. The molecule has 0 spiro atoms. The molecule has 0 aliphatic heterocycles. The van der Waals surface area contributed by atoms with Crippen molar-refractivity contribution in [1.82, 2.24) is 0 Å². The molecule has 4 unspecified atom stereocenters. The molecular formula is C27H29F5. The number of benzene rings is 2. The highest BCUT2D eigenvalue weighted by atomic mass is 19.4. The number of halogens is 5. The summed E-state index contributed by atoms with van der Waals surface area (Å²) in [5.74, 6) is 0.783. The van der Waals surface area contributed by atoms with E-state index in [9.17, 15) is 22.0 Å². The molecule has 4 atom stereocenters. The summed E-state index contributed by atoms with van der Waals surface area (Å²) in [4.78, 5) is 0. The third kappa shape index (κ3) is 4.92. The van der Waals surface area contributed by atoms with E-state index >= 15 is 0 Å². The van der Waals surface area contributed by atoms with Gasteiger partial charge in [0, 0.05) is 0 Å². The van der Waals surface area contributed by atoms with Gasteiger partial charge in [-0.3, -0.25) is 0 Å². The summed E-state index contributed by atoms with van der Waals surface area (Å²) in [7, 11) is 0. The Bertz CT molecular complexity index is 921. The van der Waals surface area contributed by atoms with E-state index in [1.807, 2.05) is 6.08 Å². The smallest absolute Gasteiger partial charge is 0.206 e. The van der Waals surface area contributed by atoms with E-state index in [-0.39, 0.29) is 17.0 Å². The van der Waals surface area contributed by atoms with E-state index in [1.165, 1.54) is 37.8 Å². The lowest BCUT2D eigenvalue weighted by Gasteiger charge is -2.42. The first-order chi connectivity index (χ1) is 15.3. The Balaban J connectivity index is 1.48. The molecule has 0 aromatic heterocycles. The fourth-order valence-electron chi connectivity index (χ4n) is 5.83. The fraction of sp³-hybridized carbons (Fsp3) is 0.481. The number of alkyl halides is 3. The molecule has 0 bridgehead atoms. The predicted molar refractivity (Wildman–Crippen MR) is 117 cm³/mol. The van der Waals surface area contributed by atoms with Crippen molar-refractivity contribution in [3.05, 3.63) is 71.8 Å². The monoisotopic (exact) mass is 448 g/mol. The van der Waals surface area contributed by atoms with E-state index < -0.39 is 23.4 Å². The first-order valence-corrected chi connectivity index (χ1v) is 11.5. The Morgan fingerprint density at radius 2 is 1.50 bits per heavy atom. The maximum absolute atomic E-state index is 14.9. The lowest BCUT2D eigenvalue weighted by atomic mass is 9.63. The molecule has 2 aliphatic rings. The molecule has 0 amide bonds. The average molecular weight is 449 g/mol. The molecule has 2 fully saturated rings. The summed E-state index contributed by atoms with van der Waals surface area (Å²) in [6.45, 7) is 3.82. The fourth-order valence-corrected chi connectivity index (χ4v) is 5.83. The van der Waals surface area contributed by atoms with E-state index in [0.717, 1.165) is 55.9 Å². The highest BCUT2D eigenvalue weighted by Crippen LogP contribution is 2.48. The molecule has 0 saturated heterocycles. The van der Waals surface area contributed by atoms with Crippen LogP contribution in [0.2, 0.25) is 0 Å². The van der Waals surface area contributed by atoms with Crippen LogP contribution < -0.4 is 0 Å². The highest BCUT2D eigenvalue weighted by molar-refractivity contribution is 5.66. The van der Waals surface area contributed by atoms with E-state index in [4.69, 9.17) is 0 Å². The van der Waals surface area contributed by atoms with Crippen LogP contribution in [-0.4, -0.2) is 0 Å². The van der Waals surface area contributed by atoms with E-state index in [1.54, 1.807) is 0 Å². The first kappa shape index (κ1) is 23.0. The molecule has 0 radical (unpaired) electrons. The summed E-state index contributed by atoms with van der Waals surface area (Å²) >= 11 is 0. The summed E-state index contributed by atoms with van der Waals surface area (Å²) in [6, 6.07) is 6.73. The second kappa shape index (κ2) is 9.36. The standard InChI is InChI=1S/C27H29F5/c1-2-3-4-17-5-6-20-14-21(8-7-19(20)13-17)22-15-24(28)26(25(29)16-22)18-9-11-23(12-10-18)27(30,31)32/h2,9-12,15-17,19-21H,1,3-8,13-14H2. The van der Waals surface area contributed by atoms with E-state index in [0.29, 0.717) is 17.4 Å². The number of hydrogen-bond acceptors (Lipinski definition) is 0. The summed E-state index contributed by atoms with van der Waals surface area (Å²) < 4.78 is 68.2. The topological polar surface area (TPSA) is 0 Å². The zero-order valence-corrected chi connectivity index (χ0v) is 18.1. The Morgan fingerprint density at radius 3 is 2.12 bits per heavy atom. The Kier molecular flexibility index (Phi) is 6.73. The van der Waals surface area contributed by atoms with Crippen LogP contribution in [0.25, 0.3) is 11.1 Å². The molecule has 2 aromatic rings. The van der Waals surface area contributed by atoms with Gasteiger partial charge in [-0.05, 0) is 104 Å². The molecule has 2 saturated carbocycles. The van der Waals surface area contributed by atoms with Crippen molar-refractivity contribution in [2.75, 3.05) is 0 Å². The van der Waals surface area contributed by atoms with Gasteiger partial charge in [0.2, 0.25) is 0 Å². The number of fused-ring (bicyclic) bond motifs is 1. The third-order valence-corrected chi connectivity index (χ3v) is 7.54. The summed E-state index contributed by atoms with van der Waals surface area (Å²) in [6.07, 6.45) is 6.39. The van der Waals surface area contributed by atoms with Gasteiger partial charge < -0.3 is 0 Å². The Hall–Kier alpha value is -2.17. The Morgan fingerprint density at radius 1 is 0.875 bits per heavy atom. The molecule has 32 heavy (non-hydrogen) atoms. The second-order valence-electron chi connectivity index (χ2n) is 9.51. The van der Waals surface area contributed by atoms with Crippen molar-refractivity contribution in [3.63, 3.8) is 0 Å². The van der Waals surface area contributed by atoms with Crippen LogP contribution in [0.3, 0.4) is 0 Å². The van der Waals surface area contributed by atoms with Gasteiger partial charge in [0.05, 0.1) is 11.1 Å². The van der Waals surface area contributed by atoms with Crippen LogP contribution in [0.4, 0.5) is 22.0 Å². The second-order valence-corrected chi connectivity index (χ2v) is 9.51. The van der Waals surface area contributed by atoms with Gasteiger partial charge in [-0.2, -0.15) is 13.2 Å². The normalized spacial score (nSPS) is 25.9. The van der Waals surface area contributed by atoms with Crippen molar-refractivity contribution in [3.8, 4) is 11.1 Å². The predicted octanol–water partition coefficient (Wildman–Crippen LogP) is 8.92. The molecule has 5 heteroatoms. The summed E-state index contributed by atoms with van der Waals surface area (Å²) in [5, 5.41) is 0. The maximum Gasteiger partial charge on any atom is 0.416 e. The molecular weight excluding hydrogens is 419 g/mol. The molecule has 2 aliphatic carbocycles. The molecule has 0 nitrogen and oxygen atoms in total. The molecule has 0 heterocycles. The first-order valence-electron chi connectivity index (χ1n) is 11.5. The lowest BCUT2D eigenvalue weighted by Crippen LogP contribution is -2.30. The minimum Gasteiger partial charge on any atom is -0.206 e. The molecule has 4 rings (SSSR count). The van der Waals surface area contributed by atoms with Gasteiger partial charge in [0.25, 0.3) is 0 Å². The molecule has 172 valence electrons. The van der Waals surface area contributed by atoms with Gasteiger partial charge in [-0.25, -0.2) is 8.78 Å². The van der Waals surface area contributed by atoms with Gasteiger partial charge in [-0.15, -0.1) is 6.58 Å². The average Bonchev–Trinajstić information content (AvgIpc) is 2.76.